The second-order valence-electron chi connectivity index (χ2n) is 7.85. The third-order valence-corrected chi connectivity index (χ3v) is 6.82. The minimum absolute atomic E-state index is 0.142. The lowest BCUT2D eigenvalue weighted by atomic mass is 9.97. The molecule has 0 spiro atoms. The van der Waals surface area contributed by atoms with E-state index in [1.54, 1.807) is 11.3 Å². The average molecular weight is 396 g/mol. The third kappa shape index (κ3) is 3.28. The van der Waals surface area contributed by atoms with Crippen molar-refractivity contribution in [1.29, 1.82) is 0 Å². The quantitative estimate of drug-likeness (QED) is 0.678. The van der Waals surface area contributed by atoms with E-state index < -0.39 is 0 Å². The van der Waals surface area contributed by atoms with Crippen LogP contribution in [-0.4, -0.2) is 51.6 Å². The van der Waals surface area contributed by atoms with Crippen LogP contribution in [0.25, 0.3) is 5.65 Å². The normalized spacial score (nSPS) is 20.2. The van der Waals surface area contributed by atoms with E-state index >= 15 is 0 Å². The Hall–Kier alpha value is -2.41. The molecule has 7 heteroatoms. The first-order chi connectivity index (χ1) is 13.7. The van der Waals surface area contributed by atoms with Crippen molar-refractivity contribution in [3.05, 3.63) is 46.0 Å². The summed E-state index contributed by atoms with van der Waals surface area (Å²) in [6.07, 6.45) is 6.64. The third-order valence-electron chi connectivity index (χ3n) is 5.83. The summed E-state index contributed by atoms with van der Waals surface area (Å²) in [5.41, 5.74) is 2.10. The summed E-state index contributed by atoms with van der Waals surface area (Å²) in [5, 5.41) is 4.78. The summed E-state index contributed by atoms with van der Waals surface area (Å²) in [7, 11) is 0. The standard InChI is InChI=1S/C21H25N5OS/c1-15-6-8-18(28-15)21(27)25-12-4-5-16(13-25)20-22-19-9-7-17(14-26(19)23-20)24-10-2-3-11-24/h6-9,14,16H,2-5,10-13H2,1H3/t16-/m1/s1. The molecule has 0 bridgehead atoms. The SMILES string of the molecule is Cc1ccc(C(=O)N2CCC[C@@H](c3nc4ccc(N5CCCC5)cn4n3)C2)s1. The highest BCUT2D eigenvalue weighted by Crippen LogP contribution is 2.28. The topological polar surface area (TPSA) is 53.7 Å². The summed E-state index contributed by atoms with van der Waals surface area (Å²) < 4.78 is 1.91. The number of nitrogens with zero attached hydrogens (tertiary/aromatic N) is 5. The van der Waals surface area contributed by atoms with E-state index in [0.29, 0.717) is 6.54 Å². The number of aromatic nitrogens is 3. The zero-order valence-corrected chi connectivity index (χ0v) is 17.0. The van der Waals surface area contributed by atoms with Gasteiger partial charge in [0.05, 0.1) is 16.8 Å². The molecule has 1 amide bonds. The molecule has 0 radical (unpaired) electrons. The molecule has 2 fully saturated rings. The highest BCUT2D eigenvalue weighted by molar-refractivity contribution is 7.13. The fraction of sp³-hybridized carbons (Fsp3) is 0.476. The van der Waals surface area contributed by atoms with Gasteiger partial charge in [0.15, 0.2) is 11.5 Å². The molecule has 0 unspecified atom stereocenters. The molecule has 0 aromatic carbocycles. The van der Waals surface area contributed by atoms with Gasteiger partial charge in [-0.2, -0.15) is 5.10 Å². The van der Waals surface area contributed by atoms with Crippen LogP contribution in [0.1, 0.15) is 52.0 Å². The van der Waals surface area contributed by atoms with Crippen LogP contribution >= 0.6 is 11.3 Å². The maximum atomic E-state index is 12.8. The van der Waals surface area contributed by atoms with Crippen molar-refractivity contribution in [2.45, 2.75) is 38.5 Å². The van der Waals surface area contributed by atoms with Gasteiger partial charge in [0, 0.05) is 37.0 Å². The number of aryl methyl sites for hydroxylation is 1. The number of hydrogen-bond donors (Lipinski definition) is 0. The second kappa shape index (κ2) is 7.20. The van der Waals surface area contributed by atoms with Crippen molar-refractivity contribution in [2.24, 2.45) is 0 Å². The van der Waals surface area contributed by atoms with Crippen molar-refractivity contribution in [1.82, 2.24) is 19.5 Å². The number of anilines is 1. The van der Waals surface area contributed by atoms with Crippen LogP contribution in [0.4, 0.5) is 5.69 Å². The van der Waals surface area contributed by atoms with Crippen LogP contribution in [0.15, 0.2) is 30.5 Å². The van der Waals surface area contributed by atoms with Crippen LogP contribution in [0.3, 0.4) is 0 Å². The highest BCUT2D eigenvalue weighted by atomic mass is 32.1. The van der Waals surface area contributed by atoms with Gasteiger partial charge in [-0.1, -0.05) is 0 Å². The maximum absolute atomic E-state index is 12.8. The van der Waals surface area contributed by atoms with E-state index in [0.717, 1.165) is 48.8 Å². The zero-order valence-electron chi connectivity index (χ0n) is 16.2. The molecule has 28 heavy (non-hydrogen) atoms. The molecule has 0 aliphatic carbocycles. The lowest BCUT2D eigenvalue weighted by molar-refractivity contribution is 0.0709. The number of hydrogen-bond acceptors (Lipinski definition) is 5. The molecule has 146 valence electrons. The van der Waals surface area contributed by atoms with Gasteiger partial charge >= 0.3 is 0 Å². The number of pyridine rings is 1. The first-order valence-corrected chi connectivity index (χ1v) is 11.0. The van der Waals surface area contributed by atoms with E-state index in [4.69, 9.17) is 10.1 Å². The van der Waals surface area contributed by atoms with Crippen LogP contribution in [0.5, 0.6) is 0 Å². The first-order valence-electron chi connectivity index (χ1n) is 10.1. The monoisotopic (exact) mass is 395 g/mol. The molecule has 0 N–H and O–H groups in total. The summed E-state index contributed by atoms with van der Waals surface area (Å²) in [6, 6.07) is 8.16. The molecule has 3 aromatic heterocycles. The second-order valence-corrected chi connectivity index (χ2v) is 9.14. The Morgan fingerprint density at radius 3 is 2.75 bits per heavy atom. The molecule has 3 aromatic rings. The van der Waals surface area contributed by atoms with Crippen molar-refractivity contribution in [2.75, 3.05) is 31.1 Å². The zero-order chi connectivity index (χ0) is 19.1. The van der Waals surface area contributed by atoms with Gasteiger partial charge in [-0.25, -0.2) is 9.50 Å². The fourth-order valence-electron chi connectivity index (χ4n) is 4.30. The van der Waals surface area contributed by atoms with Crippen LogP contribution in [0.2, 0.25) is 0 Å². The Morgan fingerprint density at radius 1 is 1.11 bits per heavy atom. The summed E-state index contributed by atoms with van der Waals surface area (Å²) >= 11 is 1.57. The number of carbonyl (C=O) groups excluding carboxylic acids is 1. The maximum Gasteiger partial charge on any atom is 0.263 e. The molecule has 2 aliphatic rings. The minimum Gasteiger partial charge on any atom is -0.370 e. The van der Waals surface area contributed by atoms with E-state index in [9.17, 15) is 4.79 Å². The predicted octanol–water partition coefficient (Wildman–Crippen LogP) is 3.72. The molecule has 5 heterocycles. The number of piperidine rings is 1. The molecule has 1 atom stereocenters. The van der Waals surface area contributed by atoms with Crippen molar-refractivity contribution < 1.29 is 4.79 Å². The Morgan fingerprint density at radius 2 is 1.96 bits per heavy atom. The average Bonchev–Trinajstić information content (AvgIpc) is 3.47. The largest absolute Gasteiger partial charge is 0.370 e. The predicted molar refractivity (Wildman–Crippen MR) is 111 cm³/mol. The molecule has 2 aliphatic heterocycles. The highest BCUT2D eigenvalue weighted by Gasteiger charge is 2.28. The molecule has 0 saturated carbocycles. The Labute approximate surface area is 168 Å². The van der Waals surface area contributed by atoms with Gasteiger partial charge in [0.25, 0.3) is 5.91 Å². The molecular weight excluding hydrogens is 370 g/mol. The van der Waals surface area contributed by atoms with Crippen LogP contribution in [-0.2, 0) is 0 Å². The fourth-order valence-corrected chi connectivity index (χ4v) is 5.14. The minimum atomic E-state index is 0.142. The molecule has 2 saturated heterocycles. The van der Waals surface area contributed by atoms with Gasteiger partial charge in [0.2, 0.25) is 0 Å². The van der Waals surface area contributed by atoms with Gasteiger partial charge in [-0.05, 0) is 56.9 Å². The lowest BCUT2D eigenvalue weighted by Gasteiger charge is -2.31. The van der Waals surface area contributed by atoms with E-state index in [2.05, 4.69) is 23.2 Å². The Bertz CT molecular complexity index is 1000. The number of thiophene rings is 1. The van der Waals surface area contributed by atoms with Gasteiger partial charge in [-0.3, -0.25) is 4.79 Å². The molecule has 5 rings (SSSR count). The van der Waals surface area contributed by atoms with E-state index in [1.807, 2.05) is 28.5 Å². The lowest BCUT2D eigenvalue weighted by Crippen LogP contribution is -2.39. The van der Waals surface area contributed by atoms with Gasteiger partial charge in [0.1, 0.15) is 0 Å². The van der Waals surface area contributed by atoms with Crippen LogP contribution in [0, 0.1) is 6.92 Å². The van der Waals surface area contributed by atoms with Crippen molar-refractivity contribution in [3.63, 3.8) is 0 Å². The van der Waals surface area contributed by atoms with Crippen molar-refractivity contribution >= 4 is 28.6 Å². The smallest absolute Gasteiger partial charge is 0.263 e. The van der Waals surface area contributed by atoms with E-state index in [1.165, 1.54) is 23.4 Å². The number of carbonyl (C=O) groups is 1. The summed E-state index contributed by atoms with van der Waals surface area (Å²) in [6.45, 7) is 5.80. The van der Waals surface area contributed by atoms with Crippen LogP contribution < -0.4 is 4.90 Å². The number of rotatable bonds is 3. The Balaban J connectivity index is 1.36. The Kier molecular flexibility index (Phi) is 4.55. The summed E-state index contributed by atoms with van der Waals surface area (Å²) in [4.78, 5) is 24.0. The number of likely N-dealkylation sites (tertiary alicyclic amines) is 1. The first kappa shape index (κ1) is 17.7. The number of fused-ring (bicyclic) bond motifs is 1. The summed E-state index contributed by atoms with van der Waals surface area (Å²) in [5.74, 6) is 1.20. The van der Waals surface area contributed by atoms with E-state index in [-0.39, 0.29) is 11.8 Å². The van der Waals surface area contributed by atoms with Gasteiger partial charge < -0.3 is 9.80 Å². The van der Waals surface area contributed by atoms with Crippen molar-refractivity contribution in [3.8, 4) is 0 Å². The number of amides is 1. The van der Waals surface area contributed by atoms with Gasteiger partial charge in [-0.15, -0.1) is 11.3 Å². The molecular formula is C21H25N5OS. The molecule has 6 nitrogen and oxygen atoms in total.